The summed E-state index contributed by atoms with van der Waals surface area (Å²) >= 11 is 5.06. The van der Waals surface area contributed by atoms with Gasteiger partial charge in [0.05, 0.1) is 5.69 Å². The number of halogens is 1. The monoisotopic (exact) mass is 239 g/mol. The van der Waals surface area contributed by atoms with E-state index in [-0.39, 0.29) is 10.9 Å². The minimum atomic E-state index is -0.608. The first-order chi connectivity index (χ1) is 7.61. The molecule has 4 nitrogen and oxygen atoms in total. The van der Waals surface area contributed by atoms with Crippen LogP contribution >= 0.6 is 12.2 Å². The highest BCUT2D eigenvalue weighted by Crippen LogP contribution is 2.23. The molecular formula is C10H10FN3OS. The number of carbonyl (C=O) groups is 1. The van der Waals surface area contributed by atoms with Gasteiger partial charge in [-0.05, 0) is 24.4 Å². The molecule has 2 amide bonds. The normalized spacial score (nSPS) is 15.7. The Balaban J connectivity index is 2.29. The SMILES string of the molecule is NC(=O)N1CCN(c2ccccc2F)C1=S. The van der Waals surface area contributed by atoms with Gasteiger partial charge in [-0.2, -0.15) is 0 Å². The summed E-state index contributed by atoms with van der Waals surface area (Å²) in [7, 11) is 0. The van der Waals surface area contributed by atoms with Crippen LogP contribution in [-0.2, 0) is 0 Å². The van der Waals surface area contributed by atoms with Crippen LogP contribution in [0.5, 0.6) is 0 Å². The van der Waals surface area contributed by atoms with Crippen LogP contribution < -0.4 is 10.6 Å². The molecule has 2 N–H and O–H groups in total. The van der Waals surface area contributed by atoms with Crippen molar-refractivity contribution in [2.75, 3.05) is 18.0 Å². The summed E-state index contributed by atoms with van der Waals surface area (Å²) in [5.74, 6) is -0.365. The molecule has 0 bridgehead atoms. The molecule has 0 spiro atoms. The van der Waals surface area contributed by atoms with Gasteiger partial charge in [0.25, 0.3) is 0 Å². The number of anilines is 1. The Bertz CT molecular complexity index is 451. The third-order valence-corrected chi connectivity index (χ3v) is 2.86. The molecule has 6 heteroatoms. The van der Waals surface area contributed by atoms with Crippen LogP contribution in [0.2, 0.25) is 0 Å². The molecular weight excluding hydrogens is 229 g/mol. The molecule has 1 aliphatic rings. The van der Waals surface area contributed by atoms with Crippen LogP contribution in [0.25, 0.3) is 0 Å². The van der Waals surface area contributed by atoms with Crippen LogP contribution in [0.3, 0.4) is 0 Å². The summed E-state index contributed by atoms with van der Waals surface area (Å²) < 4.78 is 13.5. The smallest absolute Gasteiger partial charge is 0.321 e. The van der Waals surface area contributed by atoms with Gasteiger partial charge in [0.15, 0.2) is 5.11 Å². The molecule has 1 fully saturated rings. The fourth-order valence-corrected chi connectivity index (χ4v) is 2.01. The highest BCUT2D eigenvalue weighted by Gasteiger charge is 2.30. The molecule has 1 aliphatic heterocycles. The second-order valence-electron chi connectivity index (χ2n) is 3.38. The lowest BCUT2D eigenvalue weighted by atomic mass is 10.3. The molecule has 0 saturated carbocycles. The minimum absolute atomic E-state index is 0.248. The number of carbonyl (C=O) groups excluding carboxylic acids is 1. The summed E-state index contributed by atoms with van der Waals surface area (Å²) in [5, 5.41) is 0.248. The number of hydrogen-bond acceptors (Lipinski definition) is 2. The number of rotatable bonds is 1. The Kier molecular flexibility index (Phi) is 2.74. The van der Waals surface area contributed by atoms with E-state index < -0.39 is 6.03 Å². The van der Waals surface area contributed by atoms with Crippen molar-refractivity contribution >= 4 is 29.0 Å². The maximum Gasteiger partial charge on any atom is 0.321 e. The van der Waals surface area contributed by atoms with Crippen LogP contribution in [-0.4, -0.2) is 29.1 Å². The van der Waals surface area contributed by atoms with Gasteiger partial charge in [-0.1, -0.05) is 12.1 Å². The lowest BCUT2D eigenvalue weighted by molar-refractivity contribution is 0.233. The van der Waals surface area contributed by atoms with Crippen molar-refractivity contribution in [3.05, 3.63) is 30.1 Å². The second kappa shape index (κ2) is 4.05. The summed E-state index contributed by atoms with van der Waals surface area (Å²) in [6, 6.07) is 5.68. The van der Waals surface area contributed by atoms with Crippen LogP contribution in [0.15, 0.2) is 24.3 Å². The highest BCUT2D eigenvalue weighted by molar-refractivity contribution is 7.80. The van der Waals surface area contributed by atoms with Crippen molar-refractivity contribution in [2.45, 2.75) is 0 Å². The summed E-state index contributed by atoms with van der Waals surface area (Å²) in [6.45, 7) is 0.852. The van der Waals surface area contributed by atoms with E-state index in [0.29, 0.717) is 18.8 Å². The lowest BCUT2D eigenvalue weighted by Gasteiger charge is -2.19. The summed E-state index contributed by atoms with van der Waals surface area (Å²) in [4.78, 5) is 13.8. The molecule has 0 aliphatic carbocycles. The van der Waals surface area contributed by atoms with Crippen molar-refractivity contribution in [1.29, 1.82) is 0 Å². The number of nitrogens with zero attached hydrogens (tertiary/aromatic N) is 2. The van der Waals surface area contributed by atoms with Gasteiger partial charge in [-0.15, -0.1) is 0 Å². The number of hydrogen-bond donors (Lipinski definition) is 1. The number of nitrogens with two attached hydrogens (primary N) is 1. The summed E-state index contributed by atoms with van der Waals surface area (Å²) in [6.07, 6.45) is 0. The van der Waals surface area contributed by atoms with Crippen molar-refractivity contribution < 1.29 is 9.18 Å². The third-order valence-electron chi connectivity index (χ3n) is 2.42. The minimum Gasteiger partial charge on any atom is -0.351 e. The number of para-hydroxylation sites is 1. The Morgan fingerprint density at radius 1 is 1.38 bits per heavy atom. The van der Waals surface area contributed by atoms with E-state index in [9.17, 15) is 9.18 Å². The van der Waals surface area contributed by atoms with Gasteiger partial charge in [0, 0.05) is 13.1 Å². The maximum atomic E-state index is 13.5. The molecule has 0 atom stereocenters. The van der Waals surface area contributed by atoms with E-state index in [4.69, 9.17) is 18.0 Å². The number of thiocarbonyl (C=S) groups is 1. The topological polar surface area (TPSA) is 49.6 Å². The predicted molar refractivity (Wildman–Crippen MR) is 62.6 cm³/mol. The number of primary amides is 1. The van der Waals surface area contributed by atoms with Gasteiger partial charge < -0.3 is 10.6 Å². The van der Waals surface area contributed by atoms with Gasteiger partial charge in [-0.25, -0.2) is 9.18 Å². The van der Waals surface area contributed by atoms with Gasteiger partial charge in [0.2, 0.25) is 0 Å². The molecule has 1 aromatic rings. The first-order valence-corrected chi connectivity index (χ1v) is 5.15. The Hall–Kier alpha value is -1.69. The Morgan fingerprint density at radius 3 is 2.62 bits per heavy atom. The average Bonchev–Trinajstić information content (AvgIpc) is 2.61. The highest BCUT2D eigenvalue weighted by atomic mass is 32.1. The number of amides is 2. The Morgan fingerprint density at radius 2 is 2.06 bits per heavy atom. The van der Waals surface area contributed by atoms with E-state index in [1.807, 2.05) is 0 Å². The molecule has 1 heterocycles. The van der Waals surface area contributed by atoms with Crippen molar-refractivity contribution in [2.24, 2.45) is 5.73 Å². The van der Waals surface area contributed by atoms with E-state index in [1.165, 1.54) is 11.0 Å². The zero-order chi connectivity index (χ0) is 11.7. The van der Waals surface area contributed by atoms with Crippen LogP contribution in [0.4, 0.5) is 14.9 Å². The zero-order valence-electron chi connectivity index (χ0n) is 8.39. The van der Waals surface area contributed by atoms with Crippen molar-refractivity contribution in [3.8, 4) is 0 Å². The largest absolute Gasteiger partial charge is 0.351 e. The number of urea groups is 1. The first-order valence-electron chi connectivity index (χ1n) is 4.74. The maximum absolute atomic E-state index is 13.5. The molecule has 1 saturated heterocycles. The van der Waals surface area contributed by atoms with Gasteiger partial charge in [-0.3, -0.25) is 4.90 Å². The molecule has 0 radical (unpaired) electrons. The molecule has 16 heavy (non-hydrogen) atoms. The zero-order valence-corrected chi connectivity index (χ0v) is 9.21. The molecule has 2 rings (SSSR count). The van der Waals surface area contributed by atoms with Gasteiger partial charge >= 0.3 is 6.03 Å². The molecule has 0 aromatic heterocycles. The van der Waals surface area contributed by atoms with Crippen molar-refractivity contribution in [1.82, 2.24) is 4.90 Å². The fraction of sp³-hybridized carbons (Fsp3) is 0.200. The summed E-state index contributed by atoms with van der Waals surface area (Å²) in [5.41, 5.74) is 5.52. The molecule has 84 valence electrons. The second-order valence-corrected chi connectivity index (χ2v) is 3.74. The first kappa shape index (κ1) is 10.8. The van der Waals surface area contributed by atoms with Gasteiger partial charge in [0.1, 0.15) is 5.82 Å². The third kappa shape index (κ3) is 1.71. The fourth-order valence-electron chi connectivity index (χ4n) is 1.64. The van der Waals surface area contributed by atoms with Crippen LogP contribution in [0, 0.1) is 5.82 Å². The van der Waals surface area contributed by atoms with Crippen LogP contribution in [0.1, 0.15) is 0 Å². The number of benzene rings is 1. The van der Waals surface area contributed by atoms with E-state index in [1.54, 1.807) is 23.1 Å². The average molecular weight is 239 g/mol. The molecule has 0 unspecified atom stereocenters. The van der Waals surface area contributed by atoms with E-state index in [0.717, 1.165) is 0 Å². The van der Waals surface area contributed by atoms with E-state index in [2.05, 4.69) is 0 Å². The lowest BCUT2D eigenvalue weighted by Crippen LogP contribution is -2.39. The molecule has 1 aromatic carbocycles. The standard InChI is InChI=1S/C10H10FN3OS/c11-7-3-1-2-4-8(7)13-5-6-14(9(12)15)10(13)16/h1-4H,5-6H2,(H2,12,15). The Labute approximate surface area is 97.4 Å². The van der Waals surface area contributed by atoms with Crippen molar-refractivity contribution in [3.63, 3.8) is 0 Å². The quantitative estimate of drug-likeness (QED) is 0.752. The van der Waals surface area contributed by atoms with E-state index >= 15 is 0 Å². The predicted octanol–water partition coefficient (Wildman–Crippen LogP) is 1.31.